The van der Waals surface area contributed by atoms with Crippen molar-refractivity contribution >= 4 is 23.0 Å². The molecule has 1 N–H and O–H groups in total. The van der Waals surface area contributed by atoms with E-state index >= 15 is 0 Å². The standard InChI is InChI=1S/C15H20N2O/c1-15(2,3)10-17(4)14-12(9-18)11-7-5-6-8-13(11)16-14/h5-9,16H,10H2,1-4H3. The van der Waals surface area contributed by atoms with Crippen LogP contribution in [0.25, 0.3) is 10.9 Å². The highest BCUT2D eigenvalue weighted by Gasteiger charge is 2.18. The van der Waals surface area contributed by atoms with E-state index < -0.39 is 0 Å². The SMILES string of the molecule is CN(CC(C)(C)C)c1[nH]c2ccccc2c1C=O. The van der Waals surface area contributed by atoms with E-state index in [1.807, 2.05) is 31.3 Å². The molecule has 2 rings (SSSR count). The first kappa shape index (κ1) is 12.7. The summed E-state index contributed by atoms with van der Waals surface area (Å²) in [7, 11) is 2.02. The van der Waals surface area contributed by atoms with Crippen LogP contribution in [0.3, 0.4) is 0 Å². The molecule has 1 aromatic heterocycles. The van der Waals surface area contributed by atoms with Crippen molar-refractivity contribution in [3.8, 4) is 0 Å². The van der Waals surface area contributed by atoms with Crippen LogP contribution in [-0.2, 0) is 0 Å². The Balaban J connectivity index is 2.47. The van der Waals surface area contributed by atoms with Gasteiger partial charge < -0.3 is 9.88 Å². The number of aromatic nitrogens is 1. The molecule has 0 bridgehead atoms. The van der Waals surface area contributed by atoms with Crippen molar-refractivity contribution in [1.29, 1.82) is 0 Å². The molecule has 0 spiro atoms. The number of carbonyl (C=O) groups excluding carboxylic acids is 1. The van der Waals surface area contributed by atoms with Gasteiger partial charge in [-0.05, 0) is 11.5 Å². The van der Waals surface area contributed by atoms with Gasteiger partial charge in [0, 0.05) is 24.5 Å². The van der Waals surface area contributed by atoms with Gasteiger partial charge >= 0.3 is 0 Å². The average molecular weight is 244 g/mol. The summed E-state index contributed by atoms with van der Waals surface area (Å²) < 4.78 is 0. The number of H-pyrrole nitrogens is 1. The highest BCUT2D eigenvalue weighted by atomic mass is 16.1. The quantitative estimate of drug-likeness (QED) is 0.839. The third-order valence-corrected chi connectivity index (χ3v) is 2.94. The minimum Gasteiger partial charge on any atom is -0.360 e. The summed E-state index contributed by atoms with van der Waals surface area (Å²) in [5.41, 5.74) is 1.94. The van der Waals surface area contributed by atoms with Crippen LogP contribution in [-0.4, -0.2) is 24.9 Å². The molecule has 96 valence electrons. The number of nitrogens with zero attached hydrogens (tertiary/aromatic N) is 1. The largest absolute Gasteiger partial charge is 0.360 e. The van der Waals surface area contributed by atoms with Crippen LogP contribution in [0.15, 0.2) is 24.3 Å². The smallest absolute Gasteiger partial charge is 0.154 e. The highest BCUT2D eigenvalue weighted by molar-refractivity contribution is 6.03. The highest BCUT2D eigenvalue weighted by Crippen LogP contribution is 2.28. The van der Waals surface area contributed by atoms with E-state index in [1.165, 1.54) is 0 Å². The second kappa shape index (κ2) is 4.48. The van der Waals surface area contributed by atoms with Crippen molar-refractivity contribution in [2.45, 2.75) is 20.8 Å². The fraction of sp³-hybridized carbons (Fsp3) is 0.400. The Morgan fingerprint density at radius 1 is 1.28 bits per heavy atom. The molecule has 0 fully saturated rings. The molecule has 0 aliphatic heterocycles. The summed E-state index contributed by atoms with van der Waals surface area (Å²) >= 11 is 0. The summed E-state index contributed by atoms with van der Waals surface area (Å²) in [4.78, 5) is 16.8. The van der Waals surface area contributed by atoms with E-state index in [0.717, 1.165) is 35.1 Å². The van der Waals surface area contributed by atoms with Crippen LogP contribution in [0.4, 0.5) is 5.82 Å². The van der Waals surface area contributed by atoms with E-state index in [-0.39, 0.29) is 5.41 Å². The van der Waals surface area contributed by atoms with Gasteiger partial charge in [0.05, 0.1) is 5.56 Å². The number of hydrogen-bond acceptors (Lipinski definition) is 2. The Hall–Kier alpha value is -1.77. The van der Waals surface area contributed by atoms with Crippen molar-refractivity contribution < 1.29 is 4.79 Å². The molecular formula is C15H20N2O. The molecule has 0 aliphatic carbocycles. The first-order valence-corrected chi connectivity index (χ1v) is 6.19. The molecule has 0 unspecified atom stereocenters. The van der Waals surface area contributed by atoms with Gasteiger partial charge in [-0.15, -0.1) is 0 Å². The van der Waals surface area contributed by atoms with Crippen LogP contribution in [0, 0.1) is 5.41 Å². The molecule has 0 amide bonds. The lowest BCUT2D eigenvalue weighted by Crippen LogP contribution is -2.29. The lowest BCUT2D eigenvalue weighted by Gasteiger charge is -2.27. The molecule has 18 heavy (non-hydrogen) atoms. The van der Waals surface area contributed by atoms with Gasteiger partial charge in [0.25, 0.3) is 0 Å². The Morgan fingerprint density at radius 3 is 2.56 bits per heavy atom. The number of anilines is 1. The van der Waals surface area contributed by atoms with Gasteiger partial charge in [-0.1, -0.05) is 39.0 Å². The number of para-hydroxylation sites is 1. The van der Waals surface area contributed by atoms with E-state index in [2.05, 4.69) is 30.7 Å². The van der Waals surface area contributed by atoms with Crippen molar-refractivity contribution in [3.63, 3.8) is 0 Å². The summed E-state index contributed by atoms with van der Waals surface area (Å²) in [5, 5.41) is 0.989. The third-order valence-electron chi connectivity index (χ3n) is 2.94. The summed E-state index contributed by atoms with van der Waals surface area (Å²) in [6.45, 7) is 7.45. The fourth-order valence-corrected chi connectivity index (χ4v) is 2.36. The molecule has 1 aromatic carbocycles. The zero-order valence-corrected chi connectivity index (χ0v) is 11.4. The van der Waals surface area contributed by atoms with Gasteiger partial charge in [-0.25, -0.2) is 0 Å². The lowest BCUT2D eigenvalue weighted by atomic mass is 9.96. The van der Waals surface area contributed by atoms with Gasteiger partial charge in [-0.2, -0.15) is 0 Å². The van der Waals surface area contributed by atoms with Crippen LogP contribution < -0.4 is 4.90 Å². The number of hydrogen-bond donors (Lipinski definition) is 1. The Bertz CT molecular complexity index is 563. The van der Waals surface area contributed by atoms with Gasteiger partial charge in [0.15, 0.2) is 6.29 Å². The third kappa shape index (κ3) is 2.40. The van der Waals surface area contributed by atoms with Crippen LogP contribution in [0.1, 0.15) is 31.1 Å². The zero-order chi connectivity index (χ0) is 13.3. The predicted octanol–water partition coefficient (Wildman–Crippen LogP) is 3.46. The van der Waals surface area contributed by atoms with Crippen LogP contribution >= 0.6 is 0 Å². The van der Waals surface area contributed by atoms with Crippen molar-refractivity contribution in [2.24, 2.45) is 5.41 Å². The van der Waals surface area contributed by atoms with Crippen LogP contribution in [0.5, 0.6) is 0 Å². The Kier molecular flexibility index (Phi) is 3.16. The average Bonchev–Trinajstić information content (AvgIpc) is 2.65. The maximum absolute atomic E-state index is 11.3. The van der Waals surface area contributed by atoms with Gasteiger partial charge in [-0.3, -0.25) is 4.79 Å². The Labute approximate surface area is 108 Å². The number of benzene rings is 1. The number of aromatic amines is 1. The second-order valence-electron chi connectivity index (χ2n) is 5.97. The molecule has 3 nitrogen and oxygen atoms in total. The normalized spacial score (nSPS) is 11.8. The number of nitrogens with one attached hydrogen (secondary N) is 1. The molecule has 0 saturated heterocycles. The number of fused-ring (bicyclic) bond motifs is 1. The van der Waals surface area contributed by atoms with E-state index in [4.69, 9.17) is 0 Å². The predicted molar refractivity (Wildman–Crippen MR) is 76.4 cm³/mol. The fourth-order valence-electron chi connectivity index (χ4n) is 2.36. The second-order valence-corrected chi connectivity index (χ2v) is 5.97. The van der Waals surface area contributed by atoms with Gasteiger partial charge in [0.1, 0.15) is 5.82 Å². The monoisotopic (exact) mass is 244 g/mol. The maximum Gasteiger partial charge on any atom is 0.154 e. The lowest BCUT2D eigenvalue weighted by molar-refractivity contribution is 0.112. The molecule has 0 radical (unpaired) electrons. The summed E-state index contributed by atoms with van der Waals surface area (Å²) in [6, 6.07) is 7.90. The number of rotatable bonds is 3. The molecule has 2 aromatic rings. The van der Waals surface area contributed by atoms with Crippen LogP contribution in [0.2, 0.25) is 0 Å². The van der Waals surface area contributed by atoms with Crippen molar-refractivity contribution in [3.05, 3.63) is 29.8 Å². The Morgan fingerprint density at radius 2 is 1.94 bits per heavy atom. The maximum atomic E-state index is 11.3. The molecule has 3 heteroatoms. The topological polar surface area (TPSA) is 36.1 Å². The van der Waals surface area contributed by atoms with Crippen molar-refractivity contribution in [2.75, 3.05) is 18.5 Å². The molecule has 0 atom stereocenters. The molecule has 0 saturated carbocycles. The molecule has 1 heterocycles. The number of carbonyl (C=O) groups is 1. The minimum atomic E-state index is 0.187. The minimum absolute atomic E-state index is 0.187. The molecule has 0 aliphatic rings. The van der Waals surface area contributed by atoms with E-state index in [1.54, 1.807) is 0 Å². The van der Waals surface area contributed by atoms with Gasteiger partial charge in [0.2, 0.25) is 0 Å². The van der Waals surface area contributed by atoms with E-state index in [0.29, 0.717) is 0 Å². The summed E-state index contributed by atoms with van der Waals surface area (Å²) in [5.74, 6) is 0.904. The zero-order valence-electron chi connectivity index (χ0n) is 11.4. The first-order chi connectivity index (χ1) is 8.42. The van der Waals surface area contributed by atoms with E-state index in [9.17, 15) is 4.79 Å². The molecular weight excluding hydrogens is 224 g/mol. The first-order valence-electron chi connectivity index (χ1n) is 6.19. The summed E-state index contributed by atoms with van der Waals surface area (Å²) in [6.07, 6.45) is 0.938. The van der Waals surface area contributed by atoms with Crippen molar-refractivity contribution in [1.82, 2.24) is 4.98 Å². The number of aldehydes is 1.